The lowest BCUT2D eigenvalue weighted by Gasteiger charge is -2.05. The van der Waals surface area contributed by atoms with Crippen molar-refractivity contribution in [1.82, 2.24) is 29.5 Å². The van der Waals surface area contributed by atoms with Gasteiger partial charge < -0.3 is 11.1 Å². The van der Waals surface area contributed by atoms with Gasteiger partial charge in [-0.3, -0.25) is 9.36 Å². The summed E-state index contributed by atoms with van der Waals surface area (Å²) >= 11 is 0. The molecule has 0 spiro atoms. The maximum Gasteiger partial charge on any atom is 0.253 e. The molecule has 0 bridgehead atoms. The number of nitrogens with zero attached hydrogens (tertiary/aromatic N) is 5. The molecule has 0 aromatic carbocycles. The monoisotopic (exact) mass is 335 g/mol. The normalized spacial score (nSPS) is 11.2. The number of hydrogen-bond donors (Lipinski definition) is 2. The van der Waals surface area contributed by atoms with Crippen molar-refractivity contribution < 1.29 is 4.79 Å². The number of anilines is 1. The lowest BCUT2D eigenvalue weighted by molar-refractivity contribution is 0.0951. The van der Waals surface area contributed by atoms with Crippen LogP contribution in [0.2, 0.25) is 0 Å². The van der Waals surface area contributed by atoms with E-state index < -0.39 is 0 Å². The molecule has 0 aliphatic rings. The molecule has 0 fully saturated rings. The summed E-state index contributed by atoms with van der Waals surface area (Å²) in [7, 11) is 0. The quantitative estimate of drug-likeness (QED) is 0.590. The van der Waals surface area contributed by atoms with Gasteiger partial charge in [-0.2, -0.15) is 5.10 Å². The van der Waals surface area contributed by atoms with E-state index in [1.54, 1.807) is 27.5 Å². The van der Waals surface area contributed by atoms with Crippen molar-refractivity contribution in [2.24, 2.45) is 0 Å². The van der Waals surface area contributed by atoms with E-state index in [9.17, 15) is 4.79 Å². The van der Waals surface area contributed by atoms with Crippen molar-refractivity contribution in [3.63, 3.8) is 0 Å². The number of imidazole rings is 1. The molecule has 0 atom stereocenters. The minimum atomic E-state index is -0.214. The topological polar surface area (TPSA) is 103 Å². The second-order valence-electron chi connectivity index (χ2n) is 5.66. The van der Waals surface area contributed by atoms with Crippen LogP contribution in [0.5, 0.6) is 0 Å². The maximum absolute atomic E-state index is 12.4. The average Bonchev–Trinajstić information content (AvgIpc) is 3.18. The first kappa shape index (κ1) is 15.1. The van der Waals surface area contributed by atoms with Gasteiger partial charge in [0.25, 0.3) is 5.91 Å². The molecule has 8 heteroatoms. The predicted octanol–water partition coefficient (Wildman–Crippen LogP) is 1.61. The van der Waals surface area contributed by atoms with Crippen molar-refractivity contribution in [2.75, 3.05) is 5.73 Å². The van der Waals surface area contributed by atoms with Gasteiger partial charge in [0.05, 0.1) is 17.3 Å². The first-order valence-electron chi connectivity index (χ1n) is 7.98. The van der Waals surface area contributed by atoms with Gasteiger partial charge in [0.1, 0.15) is 5.52 Å². The van der Waals surface area contributed by atoms with Gasteiger partial charge in [0.15, 0.2) is 5.65 Å². The molecule has 1 amide bonds. The number of nitrogens with one attached hydrogen (secondary N) is 1. The van der Waals surface area contributed by atoms with E-state index >= 15 is 0 Å². The molecule has 0 radical (unpaired) electrons. The number of carbonyl (C=O) groups is 1. The van der Waals surface area contributed by atoms with Crippen LogP contribution in [-0.2, 0) is 13.1 Å². The molecule has 4 heterocycles. The summed E-state index contributed by atoms with van der Waals surface area (Å²) < 4.78 is 3.57. The van der Waals surface area contributed by atoms with Crippen LogP contribution >= 0.6 is 0 Å². The first-order chi connectivity index (χ1) is 12.2. The van der Waals surface area contributed by atoms with E-state index in [2.05, 4.69) is 20.4 Å². The molecule has 4 aromatic heterocycles. The maximum atomic E-state index is 12.4. The lowest BCUT2D eigenvalue weighted by atomic mass is 10.2. The highest BCUT2D eigenvalue weighted by Crippen LogP contribution is 2.17. The highest BCUT2D eigenvalue weighted by atomic mass is 16.1. The number of rotatable bonds is 4. The number of aryl methyl sites for hydroxylation is 1. The predicted molar refractivity (Wildman–Crippen MR) is 94.0 cm³/mol. The van der Waals surface area contributed by atoms with Gasteiger partial charge in [-0.05, 0) is 25.1 Å². The molecule has 3 N–H and O–H groups in total. The molecular formula is C17H17N7O. The standard InChI is InChI=1S/C17H17N7O/c1-2-23-15-13(22-17(23)18)7-11(8-19-15)16(25)20-9-12-10-21-24-6-4-3-5-14(12)24/h3-8,10H,2,9H2,1H3,(H2,18,22)(H,20,25). The third-order valence-corrected chi connectivity index (χ3v) is 4.14. The molecule has 0 unspecified atom stereocenters. The van der Waals surface area contributed by atoms with Crippen molar-refractivity contribution in [3.05, 3.63) is 54.0 Å². The van der Waals surface area contributed by atoms with Crippen LogP contribution in [0.4, 0.5) is 5.95 Å². The fraction of sp³-hybridized carbons (Fsp3) is 0.176. The average molecular weight is 335 g/mol. The second-order valence-corrected chi connectivity index (χ2v) is 5.66. The van der Waals surface area contributed by atoms with Gasteiger partial charge in [0.2, 0.25) is 5.95 Å². The Kier molecular flexibility index (Phi) is 3.57. The number of fused-ring (bicyclic) bond motifs is 2. The summed E-state index contributed by atoms with van der Waals surface area (Å²) in [6.07, 6.45) is 5.16. The third-order valence-electron chi connectivity index (χ3n) is 4.14. The Hall–Kier alpha value is -3.42. The van der Waals surface area contributed by atoms with Crippen LogP contribution in [0, 0.1) is 0 Å². The van der Waals surface area contributed by atoms with E-state index in [0.29, 0.717) is 35.8 Å². The zero-order valence-corrected chi connectivity index (χ0v) is 13.7. The smallest absolute Gasteiger partial charge is 0.253 e. The summed E-state index contributed by atoms with van der Waals surface area (Å²) in [6.45, 7) is 3.03. The van der Waals surface area contributed by atoms with Crippen LogP contribution in [0.25, 0.3) is 16.7 Å². The van der Waals surface area contributed by atoms with Crippen LogP contribution in [0.1, 0.15) is 22.8 Å². The van der Waals surface area contributed by atoms with E-state index in [1.165, 1.54) is 0 Å². The molecule has 0 saturated carbocycles. The Morgan fingerprint density at radius 2 is 2.20 bits per heavy atom. The Labute approximate surface area is 143 Å². The van der Waals surface area contributed by atoms with E-state index in [4.69, 9.17) is 5.73 Å². The summed E-state index contributed by atoms with van der Waals surface area (Å²) in [6, 6.07) is 7.51. The fourth-order valence-electron chi connectivity index (χ4n) is 2.87. The number of amides is 1. The van der Waals surface area contributed by atoms with Gasteiger partial charge >= 0.3 is 0 Å². The van der Waals surface area contributed by atoms with E-state index in [-0.39, 0.29) is 5.91 Å². The molecule has 0 saturated heterocycles. The molecule has 4 aromatic rings. The SMILES string of the molecule is CCn1c(N)nc2cc(C(=O)NCc3cnn4ccccc34)cnc21. The Morgan fingerprint density at radius 3 is 3.04 bits per heavy atom. The number of nitrogens with two attached hydrogens (primary N) is 1. The van der Waals surface area contributed by atoms with Crippen LogP contribution in [0.3, 0.4) is 0 Å². The Morgan fingerprint density at radius 1 is 1.32 bits per heavy atom. The van der Waals surface area contributed by atoms with Crippen LogP contribution < -0.4 is 11.1 Å². The highest BCUT2D eigenvalue weighted by Gasteiger charge is 2.13. The van der Waals surface area contributed by atoms with Crippen LogP contribution in [-0.4, -0.2) is 30.1 Å². The summed E-state index contributed by atoms with van der Waals surface area (Å²) in [5.41, 5.74) is 9.52. The highest BCUT2D eigenvalue weighted by molar-refractivity contribution is 5.96. The summed E-state index contributed by atoms with van der Waals surface area (Å²) in [5.74, 6) is 0.184. The van der Waals surface area contributed by atoms with E-state index in [1.807, 2.05) is 31.3 Å². The summed E-state index contributed by atoms with van der Waals surface area (Å²) in [5, 5.41) is 7.15. The number of pyridine rings is 2. The lowest BCUT2D eigenvalue weighted by Crippen LogP contribution is -2.22. The Bertz CT molecular complexity index is 1080. The van der Waals surface area contributed by atoms with Gasteiger partial charge in [-0.15, -0.1) is 0 Å². The number of aromatic nitrogens is 5. The second kappa shape index (κ2) is 5.90. The van der Waals surface area contributed by atoms with Crippen molar-refractivity contribution in [3.8, 4) is 0 Å². The molecule has 25 heavy (non-hydrogen) atoms. The minimum absolute atomic E-state index is 0.214. The minimum Gasteiger partial charge on any atom is -0.369 e. The Balaban J connectivity index is 1.55. The number of carbonyl (C=O) groups excluding carboxylic acids is 1. The van der Waals surface area contributed by atoms with E-state index in [0.717, 1.165) is 11.1 Å². The number of hydrogen-bond acceptors (Lipinski definition) is 5. The van der Waals surface area contributed by atoms with Gasteiger partial charge in [-0.25, -0.2) is 14.5 Å². The molecule has 0 aliphatic carbocycles. The first-order valence-corrected chi connectivity index (χ1v) is 7.98. The van der Waals surface area contributed by atoms with Crippen molar-refractivity contribution in [2.45, 2.75) is 20.0 Å². The summed E-state index contributed by atoms with van der Waals surface area (Å²) in [4.78, 5) is 21.0. The van der Waals surface area contributed by atoms with Crippen molar-refractivity contribution >= 4 is 28.5 Å². The largest absolute Gasteiger partial charge is 0.369 e. The van der Waals surface area contributed by atoms with Crippen molar-refractivity contribution in [1.29, 1.82) is 0 Å². The zero-order chi connectivity index (χ0) is 17.4. The molecular weight excluding hydrogens is 318 g/mol. The third kappa shape index (κ3) is 2.57. The molecule has 126 valence electrons. The molecule has 8 nitrogen and oxygen atoms in total. The zero-order valence-electron chi connectivity index (χ0n) is 13.7. The molecule has 0 aliphatic heterocycles. The fourth-order valence-corrected chi connectivity index (χ4v) is 2.87. The van der Waals surface area contributed by atoms with Gasteiger partial charge in [-0.1, -0.05) is 6.07 Å². The van der Waals surface area contributed by atoms with Gasteiger partial charge in [0, 0.05) is 31.0 Å². The number of nitrogen functional groups attached to an aromatic ring is 1. The van der Waals surface area contributed by atoms with Crippen LogP contribution in [0.15, 0.2) is 42.9 Å². The molecule has 4 rings (SSSR count).